The van der Waals surface area contributed by atoms with Crippen molar-refractivity contribution in [1.82, 2.24) is 14.7 Å². The van der Waals surface area contributed by atoms with E-state index in [4.69, 9.17) is 16.0 Å². The molecule has 1 atom stereocenters. The van der Waals surface area contributed by atoms with E-state index in [1.54, 1.807) is 12.5 Å². The Morgan fingerprint density at radius 1 is 1.23 bits per heavy atom. The van der Waals surface area contributed by atoms with Gasteiger partial charge in [-0.1, -0.05) is 41.9 Å². The van der Waals surface area contributed by atoms with Gasteiger partial charge in [0.15, 0.2) is 0 Å². The zero-order valence-electron chi connectivity index (χ0n) is 14.7. The normalized spacial score (nSPS) is 12.3. The lowest BCUT2D eigenvalue weighted by atomic mass is 10.2. The number of nitrogens with zero attached hydrogens (tertiary/aromatic N) is 3. The molecular weight excluding hydrogens is 352 g/mol. The number of halogens is 1. The van der Waals surface area contributed by atoms with Crippen molar-refractivity contribution in [3.05, 3.63) is 81.6 Å². The number of furan rings is 1. The van der Waals surface area contributed by atoms with E-state index in [2.05, 4.69) is 10.4 Å². The molecule has 0 fully saturated rings. The van der Waals surface area contributed by atoms with Crippen molar-refractivity contribution in [2.24, 2.45) is 0 Å². The second-order valence-electron chi connectivity index (χ2n) is 6.20. The maximum absolute atomic E-state index is 12.5. The topological polar surface area (TPSA) is 63.3 Å². The molecule has 136 valence electrons. The number of nitrogens with one attached hydrogen (secondary N) is 1. The minimum atomic E-state index is -0.320. The fraction of sp³-hybridized carbons (Fsp3) is 0.263. The van der Waals surface area contributed by atoms with Crippen LogP contribution in [0.25, 0.3) is 0 Å². The fourth-order valence-corrected chi connectivity index (χ4v) is 2.90. The Morgan fingerprint density at radius 2 is 2.00 bits per heavy atom. The highest BCUT2D eigenvalue weighted by molar-refractivity contribution is 6.32. The summed E-state index contributed by atoms with van der Waals surface area (Å²) in [5, 5.41) is 7.58. The molecule has 6 nitrogen and oxygen atoms in total. The first-order valence-electron chi connectivity index (χ1n) is 8.29. The van der Waals surface area contributed by atoms with Gasteiger partial charge in [0.25, 0.3) is 5.56 Å². The summed E-state index contributed by atoms with van der Waals surface area (Å²) >= 11 is 6.28. The Balaban J connectivity index is 1.75. The number of hydrogen-bond acceptors (Lipinski definition) is 5. The molecule has 3 rings (SSSR count). The van der Waals surface area contributed by atoms with Crippen LogP contribution in [0, 0.1) is 0 Å². The standard InChI is InChI=1S/C19H21ClN4O2/c1-23(2)16(17-9-6-10-26-17)12-21-15-11-22-24(19(25)18(15)20)13-14-7-4-3-5-8-14/h3-11,16,21H,12-13H2,1-2H3. The third-order valence-electron chi connectivity index (χ3n) is 4.14. The van der Waals surface area contributed by atoms with Crippen molar-refractivity contribution in [3.8, 4) is 0 Å². The predicted molar refractivity (Wildman–Crippen MR) is 103 cm³/mol. The first-order valence-corrected chi connectivity index (χ1v) is 8.67. The summed E-state index contributed by atoms with van der Waals surface area (Å²) in [5.41, 5.74) is 1.18. The third kappa shape index (κ3) is 4.15. The lowest BCUT2D eigenvalue weighted by Crippen LogP contribution is -2.28. The summed E-state index contributed by atoms with van der Waals surface area (Å²) in [6.45, 7) is 0.913. The van der Waals surface area contributed by atoms with Gasteiger partial charge in [-0.25, -0.2) is 4.68 Å². The zero-order chi connectivity index (χ0) is 18.5. The Kier molecular flexibility index (Phi) is 5.75. The largest absolute Gasteiger partial charge is 0.468 e. The van der Waals surface area contributed by atoms with E-state index in [9.17, 15) is 4.79 Å². The van der Waals surface area contributed by atoms with Crippen molar-refractivity contribution < 1.29 is 4.42 Å². The second kappa shape index (κ2) is 8.21. The SMILES string of the molecule is CN(C)C(CNc1cnn(Cc2ccccc2)c(=O)c1Cl)c1ccco1. The van der Waals surface area contributed by atoms with E-state index in [0.29, 0.717) is 18.8 Å². The fourth-order valence-electron chi connectivity index (χ4n) is 2.68. The number of likely N-dealkylation sites (N-methyl/N-ethyl adjacent to an activating group) is 1. The quantitative estimate of drug-likeness (QED) is 0.689. The van der Waals surface area contributed by atoms with Crippen molar-refractivity contribution >= 4 is 17.3 Å². The van der Waals surface area contributed by atoms with Gasteiger partial charge in [0, 0.05) is 6.54 Å². The highest BCUT2D eigenvalue weighted by Crippen LogP contribution is 2.21. The minimum Gasteiger partial charge on any atom is -0.468 e. The molecule has 0 saturated carbocycles. The third-order valence-corrected chi connectivity index (χ3v) is 4.51. The zero-order valence-corrected chi connectivity index (χ0v) is 15.5. The van der Waals surface area contributed by atoms with Crippen LogP contribution < -0.4 is 10.9 Å². The number of rotatable bonds is 7. The number of hydrogen-bond donors (Lipinski definition) is 1. The van der Waals surface area contributed by atoms with E-state index in [1.807, 2.05) is 61.5 Å². The van der Waals surface area contributed by atoms with Gasteiger partial charge in [0.1, 0.15) is 10.8 Å². The van der Waals surface area contributed by atoms with Gasteiger partial charge in [-0.05, 0) is 31.8 Å². The number of anilines is 1. The molecule has 2 aromatic heterocycles. The molecule has 1 N–H and O–H groups in total. The van der Waals surface area contributed by atoms with E-state index < -0.39 is 0 Å². The van der Waals surface area contributed by atoms with Gasteiger partial charge in [-0.3, -0.25) is 9.69 Å². The smallest absolute Gasteiger partial charge is 0.287 e. The van der Waals surface area contributed by atoms with E-state index >= 15 is 0 Å². The van der Waals surface area contributed by atoms with Crippen LogP contribution in [0.2, 0.25) is 5.02 Å². The lowest BCUT2D eigenvalue weighted by Gasteiger charge is -2.23. The van der Waals surface area contributed by atoms with Crippen molar-refractivity contribution in [2.75, 3.05) is 26.0 Å². The van der Waals surface area contributed by atoms with Gasteiger partial charge < -0.3 is 9.73 Å². The van der Waals surface area contributed by atoms with Gasteiger partial charge >= 0.3 is 0 Å². The van der Waals surface area contributed by atoms with Crippen LogP contribution in [0.4, 0.5) is 5.69 Å². The lowest BCUT2D eigenvalue weighted by molar-refractivity contribution is 0.269. The first kappa shape index (κ1) is 18.2. The van der Waals surface area contributed by atoms with E-state index in [0.717, 1.165) is 11.3 Å². The van der Waals surface area contributed by atoms with Crippen molar-refractivity contribution in [3.63, 3.8) is 0 Å². The van der Waals surface area contributed by atoms with Crippen LogP contribution in [-0.4, -0.2) is 35.3 Å². The van der Waals surface area contributed by atoms with Gasteiger partial charge in [0.05, 0.1) is 30.7 Å². The molecule has 1 aromatic carbocycles. The maximum Gasteiger partial charge on any atom is 0.287 e. The molecule has 0 aliphatic carbocycles. The molecule has 0 amide bonds. The van der Waals surface area contributed by atoms with Crippen molar-refractivity contribution in [2.45, 2.75) is 12.6 Å². The maximum atomic E-state index is 12.5. The molecule has 0 radical (unpaired) electrons. The molecule has 7 heteroatoms. The first-order chi connectivity index (χ1) is 12.6. The molecule has 0 bridgehead atoms. The minimum absolute atomic E-state index is 0.00724. The van der Waals surface area contributed by atoms with Crippen LogP contribution >= 0.6 is 11.6 Å². The van der Waals surface area contributed by atoms with Gasteiger partial charge in [-0.2, -0.15) is 5.10 Å². The molecule has 3 aromatic rings. The molecule has 1 unspecified atom stereocenters. The Hall–Kier alpha value is -2.57. The van der Waals surface area contributed by atoms with Crippen LogP contribution in [0.5, 0.6) is 0 Å². The summed E-state index contributed by atoms with van der Waals surface area (Å²) in [7, 11) is 3.93. The van der Waals surface area contributed by atoms with Gasteiger partial charge in [-0.15, -0.1) is 0 Å². The number of aromatic nitrogens is 2. The Labute approximate surface area is 157 Å². The predicted octanol–water partition coefficient (Wildman–Crippen LogP) is 3.25. The van der Waals surface area contributed by atoms with E-state index in [1.165, 1.54) is 4.68 Å². The monoisotopic (exact) mass is 372 g/mol. The molecule has 0 spiro atoms. The summed E-state index contributed by atoms with van der Waals surface area (Å²) < 4.78 is 6.85. The Morgan fingerprint density at radius 3 is 2.65 bits per heavy atom. The molecular formula is C19H21ClN4O2. The summed E-state index contributed by atoms with van der Waals surface area (Å²) in [4.78, 5) is 14.5. The van der Waals surface area contributed by atoms with Gasteiger partial charge in [0.2, 0.25) is 0 Å². The highest BCUT2D eigenvalue weighted by Gasteiger charge is 2.18. The van der Waals surface area contributed by atoms with Crippen LogP contribution in [0.3, 0.4) is 0 Å². The van der Waals surface area contributed by atoms with Crippen LogP contribution in [0.1, 0.15) is 17.4 Å². The molecule has 0 aliphatic heterocycles. The molecule has 26 heavy (non-hydrogen) atoms. The molecule has 0 aliphatic rings. The highest BCUT2D eigenvalue weighted by atomic mass is 35.5. The van der Waals surface area contributed by atoms with Crippen LogP contribution in [0.15, 0.2) is 64.1 Å². The molecule has 0 saturated heterocycles. The Bertz CT molecular complexity index is 892. The summed E-state index contributed by atoms with van der Waals surface area (Å²) in [6.07, 6.45) is 3.23. The number of benzene rings is 1. The molecule has 2 heterocycles. The summed E-state index contributed by atoms with van der Waals surface area (Å²) in [6, 6.07) is 13.4. The average Bonchev–Trinajstić information content (AvgIpc) is 3.16. The van der Waals surface area contributed by atoms with E-state index in [-0.39, 0.29) is 16.6 Å². The van der Waals surface area contributed by atoms with Crippen LogP contribution in [-0.2, 0) is 6.54 Å². The average molecular weight is 373 g/mol. The van der Waals surface area contributed by atoms with Crippen molar-refractivity contribution in [1.29, 1.82) is 0 Å². The second-order valence-corrected chi connectivity index (χ2v) is 6.57. The summed E-state index contributed by atoms with van der Waals surface area (Å²) in [5.74, 6) is 0.837.